The van der Waals surface area contributed by atoms with Gasteiger partial charge in [-0.15, -0.1) is 0 Å². The van der Waals surface area contributed by atoms with Crippen molar-refractivity contribution in [3.63, 3.8) is 0 Å². The van der Waals surface area contributed by atoms with E-state index in [1.54, 1.807) is 0 Å². The molecule has 0 aliphatic rings. The SMILES string of the molecule is CCC(CCO)CNc1ccc(C(=O)O)c(F)c1. The average molecular weight is 255 g/mol. The Bertz CT molecular complexity index is 409. The highest BCUT2D eigenvalue weighted by Crippen LogP contribution is 2.16. The summed E-state index contributed by atoms with van der Waals surface area (Å²) in [4.78, 5) is 10.6. The number of nitrogens with one attached hydrogen (secondary N) is 1. The molecule has 1 aromatic carbocycles. The van der Waals surface area contributed by atoms with E-state index in [0.29, 0.717) is 24.6 Å². The van der Waals surface area contributed by atoms with Crippen LogP contribution in [0, 0.1) is 11.7 Å². The van der Waals surface area contributed by atoms with Crippen molar-refractivity contribution in [2.45, 2.75) is 19.8 Å². The topological polar surface area (TPSA) is 69.6 Å². The molecule has 0 fully saturated rings. The Morgan fingerprint density at radius 2 is 2.22 bits per heavy atom. The van der Waals surface area contributed by atoms with Gasteiger partial charge in [0.05, 0.1) is 5.56 Å². The van der Waals surface area contributed by atoms with Crippen LogP contribution in [-0.4, -0.2) is 29.3 Å². The summed E-state index contributed by atoms with van der Waals surface area (Å²) in [5, 5.41) is 20.6. The molecule has 1 atom stereocenters. The minimum Gasteiger partial charge on any atom is -0.478 e. The van der Waals surface area contributed by atoms with Gasteiger partial charge in [0.1, 0.15) is 5.82 Å². The van der Waals surface area contributed by atoms with E-state index in [1.807, 2.05) is 6.92 Å². The standard InChI is InChI=1S/C13H18FNO3/c1-2-9(5-6-16)8-15-10-3-4-11(13(17)18)12(14)7-10/h3-4,7,9,15-16H,2,5-6,8H2,1H3,(H,17,18). The van der Waals surface area contributed by atoms with Gasteiger partial charge in [-0.1, -0.05) is 13.3 Å². The predicted octanol–water partition coefficient (Wildman–Crippen LogP) is 2.34. The molecule has 0 saturated heterocycles. The molecule has 4 nitrogen and oxygen atoms in total. The third-order valence-electron chi connectivity index (χ3n) is 2.91. The first kappa shape index (κ1) is 14.4. The van der Waals surface area contributed by atoms with Gasteiger partial charge in [-0.05, 0) is 30.5 Å². The van der Waals surface area contributed by atoms with Crippen molar-refractivity contribution in [3.05, 3.63) is 29.6 Å². The molecule has 1 aromatic rings. The number of aliphatic hydroxyl groups excluding tert-OH is 1. The summed E-state index contributed by atoms with van der Waals surface area (Å²) in [6.45, 7) is 2.78. The lowest BCUT2D eigenvalue weighted by Gasteiger charge is -2.15. The van der Waals surface area contributed by atoms with Crippen molar-refractivity contribution in [2.75, 3.05) is 18.5 Å². The van der Waals surface area contributed by atoms with Gasteiger partial charge in [-0.2, -0.15) is 0 Å². The van der Waals surface area contributed by atoms with Crippen LogP contribution < -0.4 is 5.32 Å². The number of anilines is 1. The molecule has 0 heterocycles. The molecular weight excluding hydrogens is 237 g/mol. The summed E-state index contributed by atoms with van der Waals surface area (Å²) in [6.07, 6.45) is 1.61. The lowest BCUT2D eigenvalue weighted by molar-refractivity contribution is 0.0692. The van der Waals surface area contributed by atoms with Crippen molar-refractivity contribution in [2.24, 2.45) is 5.92 Å². The van der Waals surface area contributed by atoms with Crippen LogP contribution in [0.4, 0.5) is 10.1 Å². The lowest BCUT2D eigenvalue weighted by atomic mass is 10.0. The molecule has 3 N–H and O–H groups in total. The zero-order valence-corrected chi connectivity index (χ0v) is 10.3. The molecule has 0 saturated carbocycles. The summed E-state index contributed by atoms with van der Waals surface area (Å²) in [7, 11) is 0. The van der Waals surface area contributed by atoms with Gasteiger partial charge in [0.15, 0.2) is 0 Å². The summed E-state index contributed by atoms with van der Waals surface area (Å²) in [5.74, 6) is -1.70. The Balaban J connectivity index is 2.63. The summed E-state index contributed by atoms with van der Waals surface area (Å²) >= 11 is 0. The number of carbonyl (C=O) groups is 1. The van der Waals surface area contributed by atoms with Crippen molar-refractivity contribution in [1.82, 2.24) is 0 Å². The largest absolute Gasteiger partial charge is 0.478 e. The van der Waals surface area contributed by atoms with Gasteiger partial charge in [0.2, 0.25) is 0 Å². The van der Waals surface area contributed by atoms with E-state index in [9.17, 15) is 9.18 Å². The van der Waals surface area contributed by atoms with Gasteiger partial charge < -0.3 is 15.5 Å². The highest BCUT2D eigenvalue weighted by atomic mass is 19.1. The third kappa shape index (κ3) is 4.00. The zero-order chi connectivity index (χ0) is 13.5. The van der Waals surface area contributed by atoms with Crippen LogP contribution in [-0.2, 0) is 0 Å². The molecule has 0 aromatic heterocycles. The highest BCUT2D eigenvalue weighted by molar-refractivity contribution is 5.88. The first-order valence-electron chi connectivity index (χ1n) is 5.96. The molecule has 100 valence electrons. The summed E-state index contributed by atoms with van der Waals surface area (Å²) in [6, 6.07) is 3.96. The number of aliphatic hydroxyl groups is 1. The second-order valence-electron chi connectivity index (χ2n) is 4.17. The minimum absolute atomic E-state index is 0.131. The van der Waals surface area contributed by atoms with E-state index in [4.69, 9.17) is 10.2 Å². The molecule has 0 spiro atoms. The second-order valence-corrected chi connectivity index (χ2v) is 4.17. The molecule has 0 amide bonds. The Morgan fingerprint density at radius 3 is 2.72 bits per heavy atom. The maximum Gasteiger partial charge on any atom is 0.338 e. The third-order valence-corrected chi connectivity index (χ3v) is 2.91. The van der Waals surface area contributed by atoms with Crippen LogP contribution in [0.2, 0.25) is 0 Å². The van der Waals surface area contributed by atoms with E-state index >= 15 is 0 Å². The van der Waals surface area contributed by atoms with Gasteiger partial charge >= 0.3 is 5.97 Å². The number of carboxylic acid groups (broad SMARTS) is 1. The first-order valence-corrected chi connectivity index (χ1v) is 5.96. The summed E-state index contributed by atoms with van der Waals surface area (Å²) < 4.78 is 13.4. The van der Waals surface area contributed by atoms with Crippen LogP contribution in [0.15, 0.2) is 18.2 Å². The van der Waals surface area contributed by atoms with Crippen LogP contribution in [0.5, 0.6) is 0 Å². The maximum atomic E-state index is 13.4. The number of hydrogen-bond donors (Lipinski definition) is 3. The Morgan fingerprint density at radius 1 is 1.50 bits per heavy atom. The minimum atomic E-state index is -1.27. The van der Waals surface area contributed by atoms with Gasteiger partial charge in [0, 0.05) is 18.8 Å². The Kier molecular flexibility index (Phi) is 5.58. The molecule has 5 heteroatoms. The number of carboxylic acids is 1. The molecule has 1 unspecified atom stereocenters. The Hall–Kier alpha value is -1.62. The van der Waals surface area contributed by atoms with Crippen LogP contribution >= 0.6 is 0 Å². The number of aromatic carboxylic acids is 1. The van der Waals surface area contributed by atoms with Crippen LogP contribution in [0.25, 0.3) is 0 Å². The quantitative estimate of drug-likeness (QED) is 0.699. The normalized spacial score (nSPS) is 12.2. The Labute approximate surface area is 105 Å². The van der Waals surface area contributed by atoms with Crippen LogP contribution in [0.1, 0.15) is 30.1 Å². The lowest BCUT2D eigenvalue weighted by Crippen LogP contribution is -2.15. The van der Waals surface area contributed by atoms with Crippen LogP contribution in [0.3, 0.4) is 0 Å². The smallest absolute Gasteiger partial charge is 0.338 e. The fraction of sp³-hybridized carbons (Fsp3) is 0.462. The molecule has 0 bridgehead atoms. The van der Waals surface area contributed by atoms with E-state index in [1.165, 1.54) is 18.2 Å². The number of benzene rings is 1. The van der Waals surface area contributed by atoms with Crippen molar-refractivity contribution in [3.8, 4) is 0 Å². The molecule has 18 heavy (non-hydrogen) atoms. The summed E-state index contributed by atoms with van der Waals surface area (Å²) in [5.41, 5.74) is 0.219. The van der Waals surface area contributed by atoms with E-state index < -0.39 is 11.8 Å². The highest BCUT2D eigenvalue weighted by Gasteiger charge is 2.11. The number of halogens is 1. The molecule has 0 aliphatic carbocycles. The monoisotopic (exact) mass is 255 g/mol. The van der Waals surface area contributed by atoms with Crippen molar-refractivity contribution in [1.29, 1.82) is 0 Å². The second kappa shape index (κ2) is 6.96. The zero-order valence-electron chi connectivity index (χ0n) is 10.3. The van der Waals surface area contributed by atoms with E-state index in [2.05, 4.69) is 5.32 Å². The molecule has 1 rings (SSSR count). The van der Waals surface area contributed by atoms with Crippen molar-refractivity contribution >= 4 is 11.7 Å². The van der Waals surface area contributed by atoms with Gasteiger partial charge in [0.25, 0.3) is 0 Å². The van der Waals surface area contributed by atoms with Gasteiger partial charge in [-0.3, -0.25) is 0 Å². The maximum absolute atomic E-state index is 13.4. The fourth-order valence-electron chi connectivity index (χ4n) is 1.69. The first-order chi connectivity index (χ1) is 8.58. The van der Waals surface area contributed by atoms with E-state index in [0.717, 1.165) is 6.42 Å². The molecule has 0 aliphatic heterocycles. The average Bonchev–Trinajstić information content (AvgIpc) is 2.34. The fourth-order valence-corrected chi connectivity index (χ4v) is 1.69. The molecular formula is C13H18FNO3. The molecule has 0 radical (unpaired) electrons. The van der Waals surface area contributed by atoms with Crippen molar-refractivity contribution < 1.29 is 19.4 Å². The van der Waals surface area contributed by atoms with Gasteiger partial charge in [-0.25, -0.2) is 9.18 Å². The number of rotatable bonds is 7. The number of hydrogen-bond acceptors (Lipinski definition) is 3. The predicted molar refractivity (Wildman–Crippen MR) is 67.3 cm³/mol. The van der Waals surface area contributed by atoms with E-state index in [-0.39, 0.29) is 12.2 Å².